The van der Waals surface area contributed by atoms with Crippen molar-refractivity contribution in [2.75, 3.05) is 19.8 Å². The molecule has 5 N–H and O–H groups in total. The minimum absolute atomic E-state index is 0.0177. The van der Waals surface area contributed by atoms with Crippen LogP contribution in [0, 0.1) is 11.8 Å². The second-order valence-electron chi connectivity index (χ2n) is 8.66. The van der Waals surface area contributed by atoms with E-state index < -0.39 is 43.4 Å². The second-order valence-corrected chi connectivity index (χ2v) is 10.8. The molecule has 0 aromatic rings. The standard InChI is InChI=1S/C21H38N3O8P/c1-3-31-33(30,32-4-2)20(27)17(13-15-10-11-22-18(15)25)23-19(26)16(24-21(28)29)12-14-8-6-5-7-9-14/h14-17,20,24,27H,3-13H2,1-2H3,(H,22,25)(H,23,26)(H,28,29)/t15?,16-,17-,20?/m0/s1. The van der Waals surface area contributed by atoms with Gasteiger partial charge in [0.2, 0.25) is 11.8 Å². The normalized spacial score (nSPS) is 22.3. The summed E-state index contributed by atoms with van der Waals surface area (Å²) in [4.78, 5) is 36.6. The molecular weight excluding hydrogens is 453 g/mol. The minimum atomic E-state index is -4.02. The molecule has 11 nitrogen and oxygen atoms in total. The summed E-state index contributed by atoms with van der Waals surface area (Å²) in [5.41, 5.74) is 0. The van der Waals surface area contributed by atoms with E-state index in [1.807, 2.05) is 0 Å². The molecule has 1 saturated heterocycles. The van der Waals surface area contributed by atoms with Crippen molar-refractivity contribution in [1.82, 2.24) is 16.0 Å². The van der Waals surface area contributed by atoms with E-state index in [9.17, 15) is 29.2 Å². The van der Waals surface area contributed by atoms with Gasteiger partial charge < -0.3 is 35.2 Å². The summed E-state index contributed by atoms with van der Waals surface area (Å²) in [6, 6.07) is -2.16. The van der Waals surface area contributed by atoms with Crippen LogP contribution in [-0.2, 0) is 23.2 Å². The predicted octanol–water partition coefficient (Wildman–Crippen LogP) is 2.19. The van der Waals surface area contributed by atoms with E-state index in [0.717, 1.165) is 32.1 Å². The molecule has 1 saturated carbocycles. The van der Waals surface area contributed by atoms with Crippen molar-refractivity contribution in [2.45, 2.75) is 83.1 Å². The Morgan fingerprint density at radius 2 is 1.73 bits per heavy atom. The number of rotatable bonds is 13. The molecule has 2 fully saturated rings. The SMILES string of the molecule is CCOP(=O)(OCC)C(O)[C@H](CC1CCNC1=O)NC(=O)[C@H](CC1CCCCC1)NC(=O)O. The third-order valence-electron chi connectivity index (χ3n) is 6.24. The molecular formula is C21H38N3O8P. The third-order valence-corrected chi connectivity index (χ3v) is 8.48. The lowest BCUT2D eigenvalue weighted by Gasteiger charge is -2.32. The van der Waals surface area contributed by atoms with E-state index in [-0.39, 0.29) is 31.5 Å². The topological polar surface area (TPSA) is 163 Å². The molecule has 33 heavy (non-hydrogen) atoms. The number of hydrogen-bond donors (Lipinski definition) is 5. The van der Waals surface area contributed by atoms with Gasteiger partial charge in [-0.25, -0.2) is 4.79 Å². The molecule has 1 aliphatic heterocycles. The summed E-state index contributed by atoms with van der Waals surface area (Å²) < 4.78 is 23.7. The minimum Gasteiger partial charge on any atom is -0.465 e. The molecule has 1 heterocycles. The Morgan fingerprint density at radius 1 is 1.09 bits per heavy atom. The lowest BCUT2D eigenvalue weighted by Crippen LogP contribution is -2.53. The first-order valence-corrected chi connectivity index (χ1v) is 13.5. The van der Waals surface area contributed by atoms with Crippen LogP contribution in [0.15, 0.2) is 0 Å². The van der Waals surface area contributed by atoms with Crippen LogP contribution in [0.25, 0.3) is 0 Å². The van der Waals surface area contributed by atoms with Crippen LogP contribution in [0.3, 0.4) is 0 Å². The van der Waals surface area contributed by atoms with Crippen LogP contribution < -0.4 is 16.0 Å². The van der Waals surface area contributed by atoms with Gasteiger partial charge >= 0.3 is 13.7 Å². The van der Waals surface area contributed by atoms with Gasteiger partial charge in [0.15, 0.2) is 5.85 Å². The van der Waals surface area contributed by atoms with Gasteiger partial charge in [0, 0.05) is 12.5 Å². The van der Waals surface area contributed by atoms with Crippen LogP contribution in [0.4, 0.5) is 4.79 Å². The number of hydrogen-bond acceptors (Lipinski definition) is 7. The summed E-state index contributed by atoms with van der Waals surface area (Å²) in [6.07, 6.45) is 4.57. The summed E-state index contributed by atoms with van der Waals surface area (Å²) in [6.45, 7) is 3.72. The molecule has 0 aromatic carbocycles. The molecule has 3 amide bonds. The van der Waals surface area contributed by atoms with Crippen molar-refractivity contribution >= 4 is 25.5 Å². The van der Waals surface area contributed by atoms with Crippen molar-refractivity contribution < 1.29 is 38.2 Å². The molecule has 2 rings (SSSR count). The molecule has 1 aliphatic carbocycles. The number of aliphatic hydroxyl groups is 1. The van der Waals surface area contributed by atoms with Gasteiger partial charge in [-0.05, 0) is 39.0 Å². The van der Waals surface area contributed by atoms with Gasteiger partial charge in [-0.15, -0.1) is 0 Å². The molecule has 12 heteroatoms. The fourth-order valence-corrected chi connectivity index (χ4v) is 6.36. The monoisotopic (exact) mass is 491 g/mol. The molecule has 0 aromatic heterocycles. The average Bonchev–Trinajstić information content (AvgIpc) is 3.17. The molecule has 0 radical (unpaired) electrons. The number of carboxylic acid groups (broad SMARTS) is 1. The first-order valence-electron chi connectivity index (χ1n) is 11.8. The van der Waals surface area contributed by atoms with Gasteiger partial charge in [-0.3, -0.25) is 14.2 Å². The van der Waals surface area contributed by atoms with E-state index in [0.29, 0.717) is 19.4 Å². The highest BCUT2D eigenvalue weighted by Crippen LogP contribution is 2.53. The number of carbonyl (C=O) groups excluding carboxylic acids is 2. The number of nitrogens with one attached hydrogen (secondary N) is 3. The van der Waals surface area contributed by atoms with Crippen LogP contribution in [0.2, 0.25) is 0 Å². The maximum Gasteiger partial charge on any atom is 0.405 e. The van der Waals surface area contributed by atoms with E-state index in [2.05, 4.69) is 16.0 Å². The van der Waals surface area contributed by atoms with E-state index in [1.54, 1.807) is 13.8 Å². The Hall–Kier alpha value is -1.68. The lowest BCUT2D eigenvalue weighted by atomic mass is 9.84. The molecule has 2 unspecified atom stereocenters. The smallest absolute Gasteiger partial charge is 0.405 e. The molecule has 0 bridgehead atoms. The zero-order valence-electron chi connectivity index (χ0n) is 19.5. The summed E-state index contributed by atoms with van der Waals surface area (Å²) in [5, 5.41) is 27.9. The van der Waals surface area contributed by atoms with Crippen molar-refractivity contribution in [2.24, 2.45) is 11.8 Å². The number of amides is 3. The molecule has 4 atom stereocenters. The van der Waals surface area contributed by atoms with Crippen LogP contribution >= 0.6 is 7.60 Å². The molecule has 0 spiro atoms. The Morgan fingerprint density at radius 3 is 2.24 bits per heavy atom. The van der Waals surface area contributed by atoms with E-state index >= 15 is 0 Å². The average molecular weight is 492 g/mol. The lowest BCUT2D eigenvalue weighted by molar-refractivity contribution is -0.126. The Labute approximate surface area is 194 Å². The fourth-order valence-electron chi connectivity index (χ4n) is 4.62. The highest BCUT2D eigenvalue weighted by molar-refractivity contribution is 7.54. The van der Waals surface area contributed by atoms with Gasteiger partial charge in [0.1, 0.15) is 6.04 Å². The first-order chi connectivity index (χ1) is 15.7. The maximum atomic E-state index is 13.2. The quantitative estimate of drug-likeness (QED) is 0.245. The highest BCUT2D eigenvalue weighted by atomic mass is 31.2. The number of aliphatic hydroxyl groups excluding tert-OH is 1. The van der Waals surface area contributed by atoms with Crippen LogP contribution in [0.1, 0.15) is 65.2 Å². The van der Waals surface area contributed by atoms with E-state index in [4.69, 9.17) is 9.05 Å². The summed E-state index contributed by atoms with van der Waals surface area (Å²) in [5.74, 6) is -2.85. The Balaban J connectivity index is 2.21. The zero-order valence-corrected chi connectivity index (χ0v) is 20.4. The van der Waals surface area contributed by atoms with Crippen molar-refractivity contribution in [1.29, 1.82) is 0 Å². The molecule has 2 aliphatic rings. The Bertz CT molecular complexity index is 706. The first kappa shape index (κ1) is 27.6. The largest absolute Gasteiger partial charge is 0.465 e. The fraction of sp³-hybridized carbons (Fsp3) is 0.857. The second kappa shape index (κ2) is 13.3. The van der Waals surface area contributed by atoms with Gasteiger partial charge in [-0.2, -0.15) is 0 Å². The van der Waals surface area contributed by atoms with Crippen LogP contribution in [0.5, 0.6) is 0 Å². The van der Waals surface area contributed by atoms with Crippen molar-refractivity contribution in [3.8, 4) is 0 Å². The Kier molecular flexibility index (Phi) is 11.1. The highest BCUT2D eigenvalue weighted by Gasteiger charge is 2.43. The van der Waals surface area contributed by atoms with Crippen molar-refractivity contribution in [3.05, 3.63) is 0 Å². The summed E-state index contributed by atoms with van der Waals surface area (Å²) >= 11 is 0. The summed E-state index contributed by atoms with van der Waals surface area (Å²) in [7, 11) is -4.02. The van der Waals surface area contributed by atoms with Gasteiger partial charge in [-0.1, -0.05) is 32.1 Å². The maximum absolute atomic E-state index is 13.2. The van der Waals surface area contributed by atoms with E-state index in [1.165, 1.54) is 0 Å². The number of carbonyl (C=O) groups is 3. The van der Waals surface area contributed by atoms with Gasteiger partial charge in [0.25, 0.3) is 0 Å². The third kappa shape index (κ3) is 8.24. The zero-order chi connectivity index (χ0) is 24.4. The van der Waals surface area contributed by atoms with Crippen LogP contribution in [-0.4, -0.2) is 65.8 Å². The van der Waals surface area contributed by atoms with Crippen molar-refractivity contribution in [3.63, 3.8) is 0 Å². The predicted molar refractivity (Wildman–Crippen MR) is 121 cm³/mol. The van der Waals surface area contributed by atoms with Gasteiger partial charge in [0.05, 0.1) is 19.3 Å². The molecule has 190 valence electrons.